The third-order valence-electron chi connectivity index (χ3n) is 3.42. The molecule has 1 unspecified atom stereocenters. The Morgan fingerprint density at radius 1 is 1.50 bits per heavy atom. The molecule has 0 radical (unpaired) electrons. The molecular weight excluding hydrogens is 230 g/mol. The lowest BCUT2D eigenvalue weighted by Crippen LogP contribution is -2.34. The Morgan fingerprint density at radius 3 is 3.00 bits per heavy atom. The molecule has 0 spiro atoms. The number of anilines is 1. The van der Waals surface area contributed by atoms with Crippen molar-refractivity contribution in [3.05, 3.63) is 23.9 Å². The first-order valence-corrected chi connectivity index (χ1v) is 6.22. The molecule has 0 aliphatic carbocycles. The van der Waals surface area contributed by atoms with Crippen LogP contribution in [0.1, 0.15) is 36.5 Å². The average Bonchev–Trinajstić information content (AvgIpc) is 2.50. The summed E-state index contributed by atoms with van der Waals surface area (Å²) in [5.74, 6) is 0.164. The molecule has 5 heteroatoms. The molecule has 98 valence electrons. The quantitative estimate of drug-likeness (QED) is 0.779. The minimum Gasteiger partial charge on any atom is -0.390 e. The van der Waals surface area contributed by atoms with Crippen molar-refractivity contribution in [2.24, 2.45) is 0 Å². The number of nitrogens with zero attached hydrogens (tertiary/aromatic N) is 2. The van der Waals surface area contributed by atoms with E-state index < -0.39 is 5.60 Å². The molecule has 1 saturated heterocycles. The number of nitrogen functional groups attached to an aromatic ring is 1. The highest BCUT2D eigenvalue weighted by Gasteiger charge is 2.28. The third-order valence-corrected chi connectivity index (χ3v) is 3.42. The number of amides is 1. The summed E-state index contributed by atoms with van der Waals surface area (Å²) in [4.78, 5) is 18.0. The zero-order valence-corrected chi connectivity index (χ0v) is 10.6. The zero-order valence-electron chi connectivity index (χ0n) is 10.6. The molecule has 0 saturated carbocycles. The molecule has 18 heavy (non-hydrogen) atoms. The Hall–Kier alpha value is -1.62. The van der Waals surface area contributed by atoms with Crippen LogP contribution < -0.4 is 5.73 Å². The lowest BCUT2D eigenvalue weighted by Gasteiger charge is -2.22. The van der Waals surface area contributed by atoms with Crippen LogP contribution >= 0.6 is 0 Å². The molecular formula is C13H19N3O2. The number of hydrogen-bond acceptors (Lipinski definition) is 4. The predicted octanol–water partition coefficient (Wildman–Crippen LogP) is 1.04. The van der Waals surface area contributed by atoms with E-state index in [0.717, 1.165) is 12.8 Å². The van der Waals surface area contributed by atoms with Gasteiger partial charge in [-0.15, -0.1) is 0 Å². The van der Waals surface area contributed by atoms with Crippen LogP contribution in [0.5, 0.6) is 0 Å². The molecule has 0 bridgehead atoms. The highest BCUT2D eigenvalue weighted by molar-refractivity contribution is 5.98. The van der Waals surface area contributed by atoms with Gasteiger partial charge in [0.05, 0.1) is 11.2 Å². The number of aliphatic hydroxyl groups is 1. The molecule has 2 rings (SSSR count). The van der Waals surface area contributed by atoms with Crippen LogP contribution in [0.2, 0.25) is 0 Å². The van der Waals surface area contributed by atoms with Crippen molar-refractivity contribution in [1.82, 2.24) is 9.88 Å². The van der Waals surface area contributed by atoms with Crippen molar-refractivity contribution < 1.29 is 9.90 Å². The molecule has 5 nitrogen and oxygen atoms in total. The second-order valence-electron chi connectivity index (χ2n) is 5.08. The summed E-state index contributed by atoms with van der Waals surface area (Å²) in [6.45, 7) is 3.03. The first-order chi connectivity index (χ1) is 8.49. The van der Waals surface area contributed by atoms with Gasteiger partial charge in [0.2, 0.25) is 0 Å². The summed E-state index contributed by atoms with van der Waals surface area (Å²) in [5.41, 5.74) is 5.48. The van der Waals surface area contributed by atoms with Crippen LogP contribution in [0.3, 0.4) is 0 Å². The van der Waals surface area contributed by atoms with E-state index in [1.165, 1.54) is 0 Å². The molecule has 3 N–H and O–H groups in total. The standard InChI is InChI=1S/C13H19N3O2/c1-13(18)5-3-8-16(9-6-13)12(17)10-4-2-7-15-11(10)14/h2,4,7,18H,3,5-6,8-9H2,1H3,(H2,14,15). The summed E-state index contributed by atoms with van der Waals surface area (Å²) in [5, 5.41) is 10.0. The van der Waals surface area contributed by atoms with E-state index >= 15 is 0 Å². The Balaban J connectivity index is 2.13. The van der Waals surface area contributed by atoms with Gasteiger partial charge in [-0.25, -0.2) is 4.98 Å². The Bertz CT molecular complexity index is 446. The molecule has 2 heterocycles. The highest BCUT2D eigenvalue weighted by atomic mass is 16.3. The summed E-state index contributed by atoms with van der Waals surface area (Å²) >= 11 is 0. The third kappa shape index (κ3) is 2.79. The van der Waals surface area contributed by atoms with Crippen molar-refractivity contribution in [3.63, 3.8) is 0 Å². The lowest BCUT2D eigenvalue weighted by molar-refractivity contribution is 0.0438. The van der Waals surface area contributed by atoms with Gasteiger partial charge in [-0.2, -0.15) is 0 Å². The minimum absolute atomic E-state index is 0.0988. The smallest absolute Gasteiger partial charge is 0.257 e. The van der Waals surface area contributed by atoms with Gasteiger partial charge in [-0.05, 0) is 38.3 Å². The number of carbonyl (C=O) groups excluding carboxylic acids is 1. The molecule has 1 aromatic rings. The summed E-state index contributed by atoms with van der Waals surface area (Å²) in [6, 6.07) is 3.39. The first-order valence-electron chi connectivity index (χ1n) is 6.22. The number of hydrogen-bond donors (Lipinski definition) is 2. The van der Waals surface area contributed by atoms with Crippen LogP contribution in [0.15, 0.2) is 18.3 Å². The summed E-state index contributed by atoms with van der Waals surface area (Å²) in [6.07, 6.45) is 3.69. The van der Waals surface area contributed by atoms with Crippen molar-refractivity contribution in [3.8, 4) is 0 Å². The molecule has 1 fully saturated rings. The van der Waals surface area contributed by atoms with Crippen molar-refractivity contribution in [2.45, 2.75) is 31.8 Å². The summed E-state index contributed by atoms with van der Waals surface area (Å²) in [7, 11) is 0. The van der Waals surface area contributed by atoms with Gasteiger partial charge in [-0.3, -0.25) is 4.79 Å². The maximum atomic E-state index is 12.3. The molecule has 1 aromatic heterocycles. The second kappa shape index (κ2) is 4.94. The fraction of sp³-hybridized carbons (Fsp3) is 0.538. The van der Waals surface area contributed by atoms with E-state index in [2.05, 4.69) is 4.98 Å². The van der Waals surface area contributed by atoms with Crippen molar-refractivity contribution >= 4 is 11.7 Å². The van der Waals surface area contributed by atoms with Crippen LogP contribution in [-0.2, 0) is 0 Å². The fourth-order valence-corrected chi connectivity index (χ4v) is 2.24. The molecule has 0 aromatic carbocycles. The number of rotatable bonds is 1. The van der Waals surface area contributed by atoms with Gasteiger partial charge in [0.1, 0.15) is 5.82 Å². The second-order valence-corrected chi connectivity index (χ2v) is 5.08. The number of nitrogens with two attached hydrogens (primary N) is 1. The van der Waals surface area contributed by atoms with E-state index in [4.69, 9.17) is 5.73 Å². The molecule has 1 aliphatic heterocycles. The maximum Gasteiger partial charge on any atom is 0.257 e. The Kier molecular flexibility index (Phi) is 3.52. The molecule has 1 amide bonds. The van der Waals surface area contributed by atoms with E-state index in [1.54, 1.807) is 23.2 Å². The van der Waals surface area contributed by atoms with Crippen LogP contribution in [0.4, 0.5) is 5.82 Å². The van der Waals surface area contributed by atoms with E-state index in [9.17, 15) is 9.90 Å². The zero-order chi connectivity index (χ0) is 13.2. The topological polar surface area (TPSA) is 79.5 Å². The Morgan fingerprint density at radius 2 is 2.28 bits per heavy atom. The minimum atomic E-state index is -0.671. The number of carbonyl (C=O) groups is 1. The van der Waals surface area contributed by atoms with Crippen LogP contribution in [0.25, 0.3) is 0 Å². The number of aromatic nitrogens is 1. The van der Waals surface area contributed by atoms with Gasteiger partial charge < -0.3 is 15.7 Å². The van der Waals surface area contributed by atoms with Crippen molar-refractivity contribution in [2.75, 3.05) is 18.8 Å². The predicted molar refractivity (Wildman–Crippen MR) is 69.0 cm³/mol. The maximum absolute atomic E-state index is 12.3. The number of likely N-dealkylation sites (tertiary alicyclic amines) is 1. The van der Waals surface area contributed by atoms with Gasteiger partial charge in [0, 0.05) is 19.3 Å². The van der Waals surface area contributed by atoms with Crippen LogP contribution in [-0.4, -0.2) is 39.6 Å². The van der Waals surface area contributed by atoms with Crippen LogP contribution in [0, 0.1) is 0 Å². The lowest BCUT2D eigenvalue weighted by atomic mass is 9.98. The normalized spacial score (nSPS) is 24.7. The van der Waals surface area contributed by atoms with Gasteiger partial charge >= 0.3 is 0 Å². The highest BCUT2D eigenvalue weighted by Crippen LogP contribution is 2.23. The van der Waals surface area contributed by atoms with E-state index in [0.29, 0.717) is 25.1 Å². The van der Waals surface area contributed by atoms with Gasteiger partial charge in [0.15, 0.2) is 0 Å². The van der Waals surface area contributed by atoms with E-state index in [-0.39, 0.29) is 11.7 Å². The van der Waals surface area contributed by atoms with Gasteiger partial charge in [0.25, 0.3) is 5.91 Å². The summed E-state index contributed by atoms with van der Waals surface area (Å²) < 4.78 is 0. The SMILES string of the molecule is CC1(O)CCCN(C(=O)c2cccnc2N)CC1. The largest absolute Gasteiger partial charge is 0.390 e. The Labute approximate surface area is 107 Å². The van der Waals surface area contributed by atoms with Gasteiger partial charge in [-0.1, -0.05) is 0 Å². The van der Waals surface area contributed by atoms with Crippen molar-refractivity contribution in [1.29, 1.82) is 0 Å². The first kappa shape index (κ1) is 12.8. The molecule has 1 aliphatic rings. The number of pyridine rings is 1. The van der Waals surface area contributed by atoms with E-state index in [1.807, 2.05) is 6.92 Å². The monoisotopic (exact) mass is 249 g/mol. The average molecular weight is 249 g/mol. The fourth-order valence-electron chi connectivity index (χ4n) is 2.24. The molecule has 1 atom stereocenters.